The highest BCUT2D eigenvalue weighted by atomic mass is 19.1. The first-order chi connectivity index (χ1) is 21.1. The molecule has 1 aliphatic carbocycles. The summed E-state index contributed by atoms with van der Waals surface area (Å²) in [6.45, 7) is 8.53. The van der Waals surface area contributed by atoms with Crippen molar-refractivity contribution in [3.63, 3.8) is 0 Å². The van der Waals surface area contributed by atoms with Crippen molar-refractivity contribution in [2.45, 2.75) is 77.9 Å². The molecular weight excluding hydrogens is 557 g/mol. The summed E-state index contributed by atoms with van der Waals surface area (Å²) in [5.41, 5.74) is 1.78. The van der Waals surface area contributed by atoms with Crippen molar-refractivity contribution in [1.82, 2.24) is 15.1 Å². The highest BCUT2D eigenvalue weighted by molar-refractivity contribution is 6.10. The lowest BCUT2D eigenvalue weighted by Gasteiger charge is -2.41. The van der Waals surface area contributed by atoms with Gasteiger partial charge in [-0.2, -0.15) is 0 Å². The smallest absolute Gasteiger partial charge is 0.254 e. The van der Waals surface area contributed by atoms with Crippen molar-refractivity contribution in [3.05, 3.63) is 71.1 Å². The number of carbonyl (C=O) groups is 2. The number of halogens is 1. The summed E-state index contributed by atoms with van der Waals surface area (Å²) in [4.78, 5) is 30.1. The number of carbonyl (C=O) groups excluding carboxylic acids is 2. The van der Waals surface area contributed by atoms with Crippen molar-refractivity contribution >= 4 is 23.2 Å². The molecule has 2 aromatic rings. The number of piperidine rings is 1. The number of hydrogen-bond acceptors (Lipinski definition) is 6. The minimum absolute atomic E-state index is 0.00726. The van der Waals surface area contributed by atoms with Gasteiger partial charge in [0.05, 0.1) is 11.3 Å². The molecule has 2 aromatic carbocycles. The summed E-state index contributed by atoms with van der Waals surface area (Å²) >= 11 is 0. The summed E-state index contributed by atoms with van der Waals surface area (Å²) < 4.78 is 21.7. The van der Waals surface area contributed by atoms with Gasteiger partial charge in [0.2, 0.25) is 5.91 Å². The molecular formula is C35H44FN5O3. The molecule has 8 nitrogen and oxygen atoms in total. The van der Waals surface area contributed by atoms with Crippen LogP contribution in [-0.4, -0.2) is 64.8 Å². The van der Waals surface area contributed by atoms with Crippen molar-refractivity contribution < 1.29 is 18.7 Å². The van der Waals surface area contributed by atoms with Crippen LogP contribution in [0.5, 0.6) is 11.5 Å². The standard InChI is InChI=1S/C35H44FN5O3/c1-22(2)31(37)11-12-32(38)24-7-9-28(10-8-24)44-33-19-29(30(36)18-25(33)21-41-20-23(3)17-34(41)42)35(43)39-26-13-15-40(16-14-26)27-5-4-6-27/h7-12,18-19,22-23,26-27,37-38H,4-6,13-17,20-21H2,1-3H3,(H,39,43)/b12-11-,37-31?,38-32?/t23-/m0/s1. The van der Waals surface area contributed by atoms with Gasteiger partial charge in [0, 0.05) is 56.0 Å². The SMILES string of the molecule is CC(C)C(=N)/C=C\C(=N)c1ccc(Oc2cc(C(=O)NC3CCN(C4CCC4)CC3)c(F)cc2CN2C[C@@H](C)CC2=O)cc1. The number of nitrogens with zero attached hydrogens (tertiary/aromatic N) is 2. The zero-order valence-corrected chi connectivity index (χ0v) is 26.0. The van der Waals surface area contributed by atoms with Crippen LogP contribution in [0.4, 0.5) is 4.39 Å². The van der Waals surface area contributed by atoms with Gasteiger partial charge in [-0.05, 0) is 91.6 Å². The van der Waals surface area contributed by atoms with E-state index in [1.165, 1.54) is 31.4 Å². The number of amides is 2. The second-order valence-electron chi connectivity index (χ2n) is 12.9. The quantitative estimate of drug-likeness (QED) is 0.261. The lowest BCUT2D eigenvalue weighted by molar-refractivity contribution is -0.128. The van der Waals surface area contributed by atoms with E-state index in [1.54, 1.807) is 41.3 Å². The van der Waals surface area contributed by atoms with Gasteiger partial charge in [-0.25, -0.2) is 4.39 Å². The number of likely N-dealkylation sites (tertiary alicyclic amines) is 2. The van der Waals surface area contributed by atoms with Crippen LogP contribution in [0.2, 0.25) is 0 Å². The molecule has 2 aliphatic heterocycles. The number of ether oxygens (including phenoxy) is 1. The van der Waals surface area contributed by atoms with Crippen LogP contribution in [0.3, 0.4) is 0 Å². The largest absolute Gasteiger partial charge is 0.457 e. The Hall–Kier alpha value is -3.85. The van der Waals surface area contributed by atoms with E-state index in [2.05, 4.69) is 10.2 Å². The molecule has 5 rings (SSSR count). The Morgan fingerprint density at radius 3 is 2.39 bits per heavy atom. The molecule has 1 atom stereocenters. The average molecular weight is 602 g/mol. The van der Waals surface area contributed by atoms with E-state index in [9.17, 15) is 9.59 Å². The van der Waals surface area contributed by atoms with Crippen LogP contribution in [0.25, 0.3) is 0 Å². The Morgan fingerprint density at radius 1 is 1.09 bits per heavy atom. The molecule has 2 heterocycles. The lowest BCUT2D eigenvalue weighted by Crippen LogP contribution is -2.49. The van der Waals surface area contributed by atoms with E-state index in [0.29, 0.717) is 47.3 Å². The van der Waals surface area contributed by atoms with Crippen LogP contribution in [0, 0.1) is 28.5 Å². The third-order valence-electron chi connectivity index (χ3n) is 9.06. The van der Waals surface area contributed by atoms with Gasteiger partial charge in [0.1, 0.15) is 17.3 Å². The molecule has 0 radical (unpaired) electrons. The average Bonchev–Trinajstić information content (AvgIpc) is 3.29. The summed E-state index contributed by atoms with van der Waals surface area (Å²) in [7, 11) is 0. The van der Waals surface area contributed by atoms with Crippen molar-refractivity contribution in [3.8, 4) is 11.5 Å². The van der Waals surface area contributed by atoms with E-state index in [-0.39, 0.29) is 41.6 Å². The van der Waals surface area contributed by atoms with Crippen molar-refractivity contribution in [2.24, 2.45) is 11.8 Å². The molecule has 2 saturated heterocycles. The minimum atomic E-state index is -0.640. The Bertz CT molecular complexity index is 1420. The van der Waals surface area contributed by atoms with Gasteiger partial charge in [0.25, 0.3) is 5.91 Å². The highest BCUT2D eigenvalue weighted by Crippen LogP contribution is 2.32. The number of hydrogen-bond donors (Lipinski definition) is 3. The normalized spacial score (nSPS) is 19.9. The Morgan fingerprint density at radius 2 is 1.80 bits per heavy atom. The summed E-state index contributed by atoms with van der Waals surface area (Å²) in [6, 6.07) is 10.4. The fraction of sp³-hybridized carbons (Fsp3) is 0.486. The maximum Gasteiger partial charge on any atom is 0.254 e. The fourth-order valence-electron chi connectivity index (χ4n) is 6.03. The molecule has 44 heavy (non-hydrogen) atoms. The minimum Gasteiger partial charge on any atom is -0.457 e. The molecule has 234 valence electrons. The third kappa shape index (κ3) is 7.62. The summed E-state index contributed by atoms with van der Waals surface area (Å²) in [5, 5.41) is 19.4. The van der Waals surface area contributed by atoms with Crippen molar-refractivity contribution in [2.75, 3.05) is 19.6 Å². The molecule has 3 fully saturated rings. The highest BCUT2D eigenvalue weighted by Gasteiger charge is 2.31. The third-order valence-corrected chi connectivity index (χ3v) is 9.06. The van der Waals surface area contributed by atoms with Crippen LogP contribution in [0.15, 0.2) is 48.6 Å². The van der Waals surface area contributed by atoms with Gasteiger partial charge in [-0.3, -0.25) is 9.59 Å². The Labute approximate surface area is 259 Å². The van der Waals surface area contributed by atoms with Gasteiger partial charge in [-0.15, -0.1) is 0 Å². The molecule has 2 amide bonds. The zero-order valence-electron chi connectivity index (χ0n) is 26.0. The van der Waals surface area contributed by atoms with Crippen LogP contribution < -0.4 is 10.1 Å². The molecule has 0 bridgehead atoms. The number of benzene rings is 2. The van der Waals surface area contributed by atoms with E-state index in [1.807, 2.05) is 20.8 Å². The number of allylic oxidation sites excluding steroid dienone is 2. The molecule has 9 heteroatoms. The van der Waals surface area contributed by atoms with Gasteiger partial charge < -0.3 is 30.7 Å². The first kappa shape index (κ1) is 31.6. The van der Waals surface area contributed by atoms with E-state index < -0.39 is 11.7 Å². The molecule has 0 aromatic heterocycles. The molecule has 3 aliphatic rings. The van der Waals surface area contributed by atoms with E-state index >= 15 is 4.39 Å². The Kier molecular flexibility index (Phi) is 9.93. The monoisotopic (exact) mass is 601 g/mol. The van der Waals surface area contributed by atoms with E-state index in [4.69, 9.17) is 15.6 Å². The van der Waals surface area contributed by atoms with Gasteiger partial charge in [0.15, 0.2) is 0 Å². The first-order valence-corrected chi connectivity index (χ1v) is 15.9. The predicted octanol–water partition coefficient (Wildman–Crippen LogP) is 6.33. The molecule has 0 unspecified atom stereocenters. The molecule has 0 spiro atoms. The topological polar surface area (TPSA) is 110 Å². The second-order valence-corrected chi connectivity index (χ2v) is 12.9. The Balaban J connectivity index is 1.32. The summed E-state index contributed by atoms with van der Waals surface area (Å²) in [6.07, 6.45) is 9.18. The number of nitrogens with one attached hydrogen (secondary N) is 3. The maximum absolute atomic E-state index is 15.5. The van der Waals surface area contributed by atoms with Crippen LogP contribution in [-0.2, 0) is 11.3 Å². The maximum atomic E-state index is 15.5. The van der Waals surface area contributed by atoms with Crippen LogP contribution >= 0.6 is 0 Å². The van der Waals surface area contributed by atoms with Gasteiger partial charge >= 0.3 is 0 Å². The zero-order chi connectivity index (χ0) is 31.4. The predicted molar refractivity (Wildman–Crippen MR) is 170 cm³/mol. The molecule has 1 saturated carbocycles. The lowest BCUT2D eigenvalue weighted by atomic mass is 9.89. The summed E-state index contributed by atoms with van der Waals surface area (Å²) in [5.74, 6) is -0.0100. The number of rotatable bonds is 11. The van der Waals surface area contributed by atoms with Crippen molar-refractivity contribution in [1.29, 1.82) is 10.8 Å². The van der Waals surface area contributed by atoms with Gasteiger partial charge in [-0.1, -0.05) is 27.2 Å². The fourth-order valence-corrected chi connectivity index (χ4v) is 6.03. The molecule has 3 N–H and O–H groups in total. The van der Waals surface area contributed by atoms with Crippen LogP contribution in [0.1, 0.15) is 80.8 Å². The van der Waals surface area contributed by atoms with E-state index in [0.717, 1.165) is 25.9 Å². The first-order valence-electron chi connectivity index (χ1n) is 15.9. The second kappa shape index (κ2) is 13.8.